The van der Waals surface area contributed by atoms with Gasteiger partial charge in [-0.05, 0) is 6.07 Å². The lowest BCUT2D eigenvalue weighted by atomic mass is 10.1. The maximum atomic E-state index is 13.6. The molecule has 1 atom stereocenters. The fourth-order valence-electron chi connectivity index (χ4n) is 2.18. The molecule has 0 unspecified atom stereocenters. The molecule has 20 heavy (non-hydrogen) atoms. The molecule has 3 rings (SSSR count). The number of aromatic nitrogens is 2. The van der Waals surface area contributed by atoms with Gasteiger partial charge in [0, 0.05) is 19.7 Å². The third kappa shape index (κ3) is 2.24. The van der Waals surface area contributed by atoms with Crippen LogP contribution in [0.5, 0.6) is 5.75 Å². The van der Waals surface area contributed by atoms with Crippen LogP contribution in [0.2, 0.25) is 0 Å². The third-order valence-electron chi connectivity index (χ3n) is 3.15. The van der Waals surface area contributed by atoms with Crippen molar-refractivity contribution < 1.29 is 9.13 Å². The second kappa shape index (κ2) is 4.96. The van der Waals surface area contributed by atoms with E-state index in [0.717, 1.165) is 11.3 Å². The number of halogens is 1. The van der Waals surface area contributed by atoms with E-state index >= 15 is 0 Å². The molecule has 0 saturated heterocycles. The zero-order valence-electron chi connectivity index (χ0n) is 11.3. The van der Waals surface area contributed by atoms with Crippen molar-refractivity contribution in [1.82, 2.24) is 9.97 Å². The van der Waals surface area contributed by atoms with Crippen molar-refractivity contribution in [2.45, 2.75) is 6.04 Å². The van der Waals surface area contributed by atoms with Crippen LogP contribution >= 0.6 is 0 Å². The third-order valence-corrected chi connectivity index (χ3v) is 3.15. The molecule has 6 heteroatoms. The van der Waals surface area contributed by atoms with Crippen LogP contribution in [0.1, 0.15) is 11.6 Å². The number of benzene rings is 1. The number of para-hydroxylation sites is 1. The summed E-state index contributed by atoms with van der Waals surface area (Å²) in [6, 6.07) is 7.79. The van der Waals surface area contributed by atoms with Crippen LogP contribution in [0.15, 0.2) is 30.5 Å². The maximum absolute atomic E-state index is 13.6. The van der Waals surface area contributed by atoms with Gasteiger partial charge in [0.1, 0.15) is 12.4 Å². The van der Waals surface area contributed by atoms with Gasteiger partial charge in [-0.15, -0.1) is 0 Å². The van der Waals surface area contributed by atoms with Gasteiger partial charge < -0.3 is 15.0 Å². The van der Waals surface area contributed by atoms with Gasteiger partial charge in [-0.25, -0.2) is 9.37 Å². The standard InChI is InChI=1S/C14H15FN4O/c1-19(2)13-10(15)7-16-14(18-13)17-11-8-20-12-6-4-3-5-9(11)12/h3-7,11H,8H2,1-2H3,(H,16,17,18)/t11-/m0/s1. The first-order chi connectivity index (χ1) is 9.65. The van der Waals surface area contributed by atoms with Crippen molar-refractivity contribution in [2.24, 2.45) is 0 Å². The Labute approximate surface area is 116 Å². The number of nitrogens with one attached hydrogen (secondary N) is 1. The summed E-state index contributed by atoms with van der Waals surface area (Å²) >= 11 is 0. The van der Waals surface area contributed by atoms with Gasteiger partial charge in [0.05, 0.1) is 12.2 Å². The molecular weight excluding hydrogens is 259 g/mol. The van der Waals surface area contributed by atoms with Crippen LogP contribution < -0.4 is 15.0 Å². The normalized spacial score (nSPS) is 16.4. The van der Waals surface area contributed by atoms with Crippen LogP contribution in [0.25, 0.3) is 0 Å². The summed E-state index contributed by atoms with van der Waals surface area (Å²) in [5, 5.41) is 3.18. The molecular formula is C14H15FN4O. The lowest BCUT2D eigenvalue weighted by Gasteiger charge is -2.15. The largest absolute Gasteiger partial charge is 0.491 e. The Bertz CT molecular complexity index is 632. The van der Waals surface area contributed by atoms with Gasteiger partial charge >= 0.3 is 0 Å². The molecule has 0 spiro atoms. The highest BCUT2D eigenvalue weighted by Crippen LogP contribution is 2.33. The first-order valence-corrected chi connectivity index (χ1v) is 6.33. The molecule has 0 amide bonds. The van der Waals surface area contributed by atoms with Gasteiger partial charge in [0.15, 0.2) is 11.6 Å². The summed E-state index contributed by atoms with van der Waals surface area (Å²) in [6.45, 7) is 0.511. The van der Waals surface area contributed by atoms with E-state index in [0.29, 0.717) is 12.6 Å². The smallest absolute Gasteiger partial charge is 0.225 e. The van der Waals surface area contributed by atoms with E-state index in [9.17, 15) is 4.39 Å². The molecule has 1 aliphatic rings. The van der Waals surface area contributed by atoms with Crippen LogP contribution in [-0.4, -0.2) is 30.7 Å². The minimum absolute atomic E-state index is 0.0216. The van der Waals surface area contributed by atoms with Crippen LogP contribution in [0.4, 0.5) is 16.2 Å². The van der Waals surface area contributed by atoms with Crippen LogP contribution in [0, 0.1) is 5.82 Å². The van der Waals surface area contributed by atoms with Crippen molar-refractivity contribution in [2.75, 3.05) is 30.9 Å². The molecule has 1 N–H and O–H groups in total. The minimum atomic E-state index is -0.441. The molecule has 0 fully saturated rings. The predicted molar refractivity (Wildman–Crippen MR) is 74.6 cm³/mol. The Hall–Kier alpha value is -2.37. The van der Waals surface area contributed by atoms with E-state index in [1.54, 1.807) is 19.0 Å². The second-order valence-corrected chi connectivity index (χ2v) is 4.81. The molecule has 0 saturated carbocycles. The molecule has 0 radical (unpaired) electrons. The number of rotatable bonds is 3. The minimum Gasteiger partial charge on any atom is -0.491 e. The zero-order valence-corrected chi connectivity index (χ0v) is 11.3. The van der Waals surface area contributed by atoms with E-state index in [-0.39, 0.29) is 11.9 Å². The summed E-state index contributed by atoms with van der Waals surface area (Å²) in [4.78, 5) is 9.77. The first kappa shape index (κ1) is 12.7. The van der Waals surface area contributed by atoms with Crippen LogP contribution in [-0.2, 0) is 0 Å². The van der Waals surface area contributed by atoms with Crippen molar-refractivity contribution >= 4 is 11.8 Å². The van der Waals surface area contributed by atoms with E-state index in [1.165, 1.54) is 6.20 Å². The number of ether oxygens (including phenoxy) is 1. The number of nitrogens with zero attached hydrogens (tertiary/aromatic N) is 3. The van der Waals surface area contributed by atoms with Crippen molar-refractivity contribution in [3.8, 4) is 5.75 Å². The van der Waals surface area contributed by atoms with Gasteiger partial charge in [-0.1, -0.05) is 18.2 Å². The highest BCUT2D eigenvalue weighted by Gasteiger charge is 2.24. The Balaban J connectivity index is 1.84. The summed E-state index contributed by atoms with van der Waals surface area (Å²) < 4.78 is 19.1. The second-order valence-electron chi connectivity index (χ2n) is 4.81. The topological polar surface area (TPSA) is 50.3 Å². The molecule has 104 valence electrons. The van der Waals surface area contributed by atoms with Gasteiger partial charge in [0.2, 0.25) is 5.95 Å². The van der Waals surface area contributed by atoms with Crippen molar-refractivity contribution in [1.29, 1.82) is 0 Å². The van der Waals surface area contributed by atoms with Crippen LogP contribution in [0.3, 0.4) is 0 Å². The first-order valence-electron chi connectivity index (χ1n) is 6.33. The van der Waals surface area contributed by atoms with E-state index < -0.39 is 5.82 Å². The highest BCUT2D eigenvalue weighted by atomic mass is 19.1. The average Bonchev–Trinajstić information content (AvgIpc) is 2.84. The predicted octanol–water partition coefficient (Wildman–Crippen LogP) is 2.23. The molecule has 0 aliphatic carbocycles. The SMILES string of the molecule is CN(C)c1nc(N[C@H]2COc3ccccc32)ncc1F. The van der Waals surface area contributed by atoms with E-state index in [2.05, 4.69) is 15.3 Å². The maximum Gasteiger partial charge on any atom is 0.225 e. The quantitative estimate of drug-likeness (QED) is 0.930. The molecule has 1 aliphatic heterocycles. The van der Waals surface area contributed by atoms with Crippen molar-refractivity contribution in [3.05, 3.63) is 41.8 Å². The lowest BCUT2D eigenvalue weighted by molar-refractivity contribution is 0.339. The Morgan fingerprint density at radius 1 is 1.35 bits per heavy atom. The number of fused-ring (bicyclic) bond motifs is 1. The Morgan fingerprint density at radius 3 is 2.95 bits per heavy atom. The molecule has 0 bridgehead atoms. The molecule has 1 aromatic heterocycles. The Morgan fingerprint density at radius 2 is 2.15 bits per heavy atom. The fraction of sp³-hybridized carbons (Fsp3) is 0.286. The molecule has 2 aromatic rings. The average molecular weight is 274 g/mol. The van der Waals surface area contributed by atoms with Gasteiger partial charge in [0.25, 0.3) is 0 Å². The summed E-state index contributed by atoms with van der Waals surface area (Å²) in [6.07, 6.45) is 1.17. The van der Waals surface area contributed by atoms with Crippen molar-refractivity contribution in [3.63, 3.8) is 0 Å². The zero-order chi connectivity index (χ0) is 14.1. The van der Waals surface area contributed by atoms with E-state index in [1.807, 2.05) is 24.3 Å². The highest BCUT2D eigenvalue weighted by molar-refractivity contribution is 5.47. The molecule has 5 nitrogen and oxygen atoms in total. The fourth-order valence-corrected chi connectivity index (χ4v) is 2.18. The molecule has 2 heterocycles. The molecule has 1 aromatic carbocycles. The number of anilines is 2. The van der Waals surface area contributed by atoms with Gasteiger partial charge in [-0.2, -0.15) is 4.98 Å². The summed E-state index contributed by atoms with van der Waals surface area (Å²) in [5.74, 6) is 1.07. The van der Waals surface area contributed by atoms with E-state index in [4.69, 9.17) is 4.74 Å². The lowest BCUT2D eigenvalue weighted by Crippen LogP contribution is -2.17. The monoisotopic (exact) mass is 274 g/mol. The number of hydrogen-bond donors (Lipinski definition) is 1. The summed E-state index contributed by atoms with van der Waals surface area (Å²) in [5.41, 5.74) is 1.06. The number of hydrogen-bond acceptors (Lipinski definition) is 5. The van der Waals surface area contributed by atoms with Gasteiger partial charge in [-0.3, -0.25) is 0 Å². The Kier molecular flexibility index (Phi) is 3.14. The summed E-state index contributed by atoms with van der Waals surface area (Å²) in [7, 11) is 3.48.